The quantitative estimate of drug-likeness (QED) is 0.802. The molecule has 0 aliphatic heterocycles. The number of amides is 1. The molecule has 1 saturated carbocycles. The van der Waals surface area contributed by atoms with Gasteiger partial charge in [0.05, 0.1) is 0 Å². The first-order valence-electron chi connectivity index (χ1n) is 6.99. The molecule has 0 atom stereocenters. The Morgan fingerprint density at radius 2 is 1.88 bits per heavy atom. The maximum absolute atomic E-state index is 12.4. The van der Waals surface area contributed by atoms with E-state index >= 15 is 0 Å². The van der Waals surface area contributed by atoms with E-state index in [-0.39, 0.29) is 11.3 Å². The monoisotopic (exact) mass is 240 g/mol. The van der Waals surface area contributed by atoms with Gasteiger partial charge in [-0.3, -0.25) is 4.79 Å². The Balaban J connectivity index is 2.56. The van der Waals surface area contributed by atoms with Crippen molar-refractivity contribution in [3.8, 4) is 0 Å². The Labute approximate surface area is 106 Å². The van der Waals surface area contributed by atoms with Gasteiger partial charge in [0.1, 0.15) is 0 Å². The lowest BCUT2D eigenvalue weighted by atomic mass is 9.87. The molecule has 0 bridgehead atoms. The van der Waals surface area contributed by atoms with Crippen molar-refractivity contribution in [2.75, 3.05) is 19.6 Å². The first kappa shape index (κ1) is 14.5. The third kappa shape index (κ3) is 4.30. The summed E-state index contributed by atoms with van der Waals surface area (Å²) in [6.07, 6.45) is 5.89. The van der Waals surface area contributed by atoms with Gasteiger partial charge in [0.25, 0.3) is 0 Å². The SMILES string of the molecule is CCN(CC(C)(C)CN)C(=O)C1CCCCC1. The number of rotatable bonds is 5. The smallest absolute Gasteiger partial charge is 0.225 e. The second-order valence-corrected chi connectivity index (χ2v) is 6.06. The van der Waals surface area contributed by atoms with E-state index in [0.717, 1.165) is 25.9 Å². The van der Waals surface area contributed by atoms with Gasteiger partial charge in [0.15, 0.2) is 0 Å². The van der Waals surface area contributed by atoms with Crippen LogP contribution < -0.4 is 5.73 Å². The number of hydrogen-bond donors (Lipinski definition) is 1. The molecule has 3 nitrogen and oxygen atoms in total. The third-order valence-electron chi connectivity index (χ3n) is 3.82. The number of nitrogens with zero attached hydrogens (tertiary/aromatic N) is 1. The maximum atomic E-state index is 12.4. The second-order valence-electron chi connectivity index (χ2n) is 6.06. The van der Waals surface area contributed by atoms with Gasteiger partial charge in [0.2, 0.25) is 5.91 Å². The summed E-state index contributed by atoms with van der Waals surface area (Å²) in [5, 5.41) is 0. The lowest BCUT2D eigenvalue weighted by molar-refractivity contribution is -0.137. The van der Waals surface area contributed by atoms with Crippen LogP contribution in [0.1, 0.15) is 52.9 Å². The van der Waals surface area contributed by atoms with Gasteiger partial charge in [-0.15, -0.1) is 0 Å². The lowest BCUT2D eigenvalue weighted by Gasteiger charge is -2.34. The minimum Gasteiger partial charge on any atom is -0.342 e. The van der Waals surface area contributed by atoms with Crippen LogP contribution in [0.25, 0.3) is 0 Å². The summed E-state index contributed by atoms with van der Waals surface area (Å²) in [6.45, 7) is 8.54. The van der Waals surface area contributed by atoms with Crippen LogP contribution >= 0.6 is 0 Å². The van der Waals surface area contributed by atoms with Crippen LogP contribution in [-0.2, 0) is 4.79 Å². The molecule has 1 rings (SSSR count). The minimum absolute atomic E-state index is 0.0281. The number of carbonyl (C=O) groups is 1. The molecule has 0 radical (unpaired) electrons. The van der Waals surface area contributed by atoms with Crippen LogP contribution in [0.15, 0.2) is 0 Å². The van der Waals surface area contributed by atoms with E-state index < -0.39 is 0 Å². The van der Waals surface area contributed by atoms with Crippen LogP contribution in [0.4, 0.5) is 0 Å². The highest BCUT2D eigenvalue weighted by molar-refractivity contribution is 5.78. The topological polar surface area (TPSA) is 46.3 Å². The van der Waals surface area contributed by atoms with E-state index in [0.29, 0.717) is 12.5 Å². The summed E-state index contributed by atoms with van der Waals surface area (Å²) >= 11 is 0. The lowest BCUT2D eigenvalue weighted by Crippen LogP contribution is -2.44. The molecule has 0 heterocycles. The predicted molar refractivity (Wildman–Crippen MR) is 71.7 cm³/mol. The summed E-state index contributed by atoms with van der Waals surface area (Å²) in [5.41, 5.74) is 5.78. The molecule has 0 spiro atoms. The van der Waals surface area contributed by atoms with Gasteiger partial charge in [-0.05, 0) is 31.7 Å². The standard InChI is InChI=1S/C14H28N2O/c1-4-16(11-14(2,3)10-15)13(17)12-8-6-5-7-9-12/h12H,4-11,15H2,1-3H3. The molecule has 100 valence electrons. The molecule has 17 heavy (non-hydrogen) atoms. The Morgan fingerprint density at radius 3 is 2.35 bits per heavy atom. The normalized spacial score (nSPS) is 18.1. The molecule has 1 aliphatic rings. The second kappa shape index (κ2) is 6.39. The van der Waals surface area contributed by atoms with Crippen molar-refractivity contribution < 1.29 is 4.79 Å². The average Bonchev–Trinajstić information content (AvgIpc) is 2.36. The number of hydrogen-bond acceptors (Lipinski definition) is 2. The Morgan fingerprint density at radius 1 is 1.29 bits per heavy atom. The molecular weight excluding hydrogens is 212 g/mol. The average molecular weight is 240 g/mol. The van der Waals surface area contributed by atoms with Crippen molar-refractivity contribution in [2.24, 2.45) is 17.1 Å². The summed E-state index contributed by atoms with van der Waals surface area (Å²) in [6, 6.07) is 0. The van der Waals surface area contributed by atoms with E-state index in [4.69, 9.17) is 5.73 Å². The van der Waals surface area contributed by atoms with Crippen molar-refractivity contribution in [1.29, 1.82) is 0 Å². The van der Waals surface area contributed by atoms with E-state index in [1.807, 2.05) is 4.90 Å². The van der Waals surface area contributed by atoms with Crippen molar-refractivity contribution in [3.63, 3.8) is 0 Å². The van der Waals surface area contributed by atoms with Crippen molar-refractivity contribution in [3.05, 3.63) is 0 Å². The molecule has 3 heteroatoms. The highest BCUT2D eigenvalue weighted by Crippen LogP contribution is 2.26. The third-order valence-corrected chi connectivity index (χ3v) is 3.82. The van der Waals surface area contributed by atoms with Crippen molar-refractivity contribution >= 4 is 5.91 Å². The molecule has 1 amide bonds. The summed E-state index contributed by atoms with van der Waals surface area (Å²) < 4.78 is 0. The first-order chi connectivity index (χ1) is 8.00. The molecule has 0 saturated heterocycles. The summed E-state index contributed by atoms with van der Waals surface area (Å²) in [5.74, 6) is 0.631. The Bertz CT molecular complexity index is 245. The van der Waals surface area contributed by atoms with Crippen LogP contribution in [0.5, 0.6) is 0 Å². The molecule has 1 aliphatic carbocycles. The minimum atomic E-state index is 0.0281. The van der Waals surface area contributed by atoms with Gasteiger partial charge in [0, 0.05) is 19.0 Å². The highest BCUT2D eigenvalue weighted by Gasteiger charge is 2.28. The van der Waals surface area contributed by atoms with E-state index in [1.54, 1.807) is 0 Å². The van der Waals surface area contributed by atoms with E-state index in [1.165, 1.54) is 19.3 Å². The van der Waals surface area contributed by atoms with Crippen molar-refractivity contribution in [2.45, 2.75) is 52.9 Å². The van der Waals surface area contributed by atoms with Crippen LogP contribution in [0.2, 0.25) is 0 Å². The van der Waals surface area contributed by atoms with Gasteiger partial charge >= 0.3 is 0 Å². The maximum Gasteiger partial charge on any atom is 0.225 e. The van der Waals surface area contributed by atoms with Crippen LogP contribution in [0.3, 0.4) is 0 Å². The molecule has 0 aromatic heterocycles. The fourth-order valence-electron chi connectivity index (χ4n) is 2.53. The van der Waals surface area contributed by atoms with Gasteiger partial charge in [-0.2, -0.15) is 0 Å². The fraction of sp³-hybridized carbons (Fsp3) is 0.929. The first-order valence-corrected chi connectivity index (χ1v) is 6.99. The van der Waals surface area contributed by atoms with Gasteiger partial charge in [-0.25, -0.2) is 0 Å². The molecule has 0 aromatic carbocycles. The summed E-state index contributed by atoms with van der Waals surface area (Å²) in [4.78, 5) is 14.4. The zero-order valence-electron chi connectivity index (χ0n) is 11.7. The number of carbonyl (C=O) groups excluding carboxylic acids is 1. The number of nitrogens with two attached hydrogens (primary N) is 1. The molecule has 0 unspecified atom stereocenters. The van der Waals surface area contributed by atoms with Crippen molar-refractivity contribution in [1.82, 2.24) is 4.90 Å². The zero-order valence-corrected chi connectivity index (χ0v) is 11.7. The van der Waals surface area contributed by atoms with Crippen LogP contribution in [0, 0.1) is 11.3 Å². The molecular formula is C14H28N2O. The van der Waals surface area contributed by atoms with Crippen LogP contribution in [-0.4, -0.2) is 30.4 Å². The Hall–Kier alpha value is -0.570. The van der Waals surface area contributed by atoms with Gasteiger partial charge in [-0.1, -0.05) is 33.1 Å². The van der Waals surface area contributed by atoms with E-state index in [2.05, 4.69) is 20.8 Å². The molecule has 0 aromatic rings. The summed E-state index contributed by atoms with van der Waals surface area (Å²) in [7, 11) is 0. The van der Waals surface area contributed by atoms with E-state index in [9.17, 15) is 4.79 Å². The fourth-order valence-corrected chi connectivity index (χ4v) is 2.53. The Kier molecular flexibility index (Phi) is 5.44. The van der Waals surface area contributed by atoms with Gasteiger partial charge < -0.3 is 10.6 Å². The highest BCUT2D eigenvalue weighted by atomic mass is 16.2. The zero-order chi connectivity index (χ0) is 12.9. The predicted octanol–water partition coefficient (Wildman–Crippen LogP) is 2.40. The molecule has 1 fully saturated rings. The molecule has 2 N–H and O–H groups in total. The largest absolute Gasteiger partial charge is 0.342 e.